The van der Waals surface area contributed by atoms with E-state index in [1.807, 2.05) is 0 Å². The van der Waals surface area contributed by atoms with E-state index in [0.29, 0.717) is 37.0 Å². The van der Waals surface area contributed by atoms with E-state index in [4.69, 9.17) is 21.2 Å². The standard InChI is InChI=1S/C27H24F4N8O3/c28-17-7-13(26(41)36-20-9-15(3-4-34-20)27(29,30)31)1-2-16(17)22-23-24(33)35-5-6-38(23)25(37-22)18-8-14-11-42-12-19(14)39(18)21(40)10-32/h1-7,9,14,18-19H,8,10-12,32H2,(H2,33,35)(H,34,36,41)/t14?,18-,19+/m0/s1. The van der Waals surface area contributed by atoms with E-state index in [9.17, 15) is 22.8 Å². The monoisotopic (exact) mass is 584 g/mol. The summed E-state index contributed by atoms with van der Waals surface area (Å²) in [6.45, 7) is 0.665. The van der Waals surface area contributed by atoms with Crippen LogP contribution >= 0.6 is 0 Å². The molecule has 42 heavy (non-hydrogen) atoms. The minimum absolute atomic E-state index is 0.00502. The number of aromatic nitrogens is 4. The van der Waals surface area contributed by atoms with Crippen molar-refractivity contribution in [2.75, 3.05) is 30.8 Å². The van der Waals surface area contributed by atoms with Gasteiger partial charge in [0.15, 0.2) is 0 Å². The number of hydrogen-bond donors (Lipinski definition) is 3. The Morgan fingerprint density at radius 3 is 2.67 bits per heavy atom. The summed E-state index contributed by atoms with van der Waals surface area (Å²) in [5.74, 6) is -1.70. The smallest absolute Gasteiger partial charge is 0.382 e. The molecule has 2 aliphatic heterocycles. The number of likely N-dealkylation sites (tertiary alicyclic amines) is 1. The first-order chi connectivity index (χ1) is 20.1. The van der Waals surface area contributed by atoms with Crippen molar-refractivity contribution in [2.45, 2.75) is 24.7 Å². The van der Waals surface area contributed by atoms with Gasteiger partial charge in [-0.2, -0.15) is 13.2 Å². The fourth-order valence-corrected chi connectivity index (χ4v) is 5.67. The second-order valence-corrected chi connectivity index (χ2v) is 10.0. The number of hydrogen-bond acceptors (Lipinski definition) is 8. The highest BCUT2D eigenvalue weighted by molar-refractivity contribution is 6.04. The van der Waals surface area contributed by atoms with E-state index in [0.717, 1.165) is 18.3 Å². The maximum atomic E-state index is 15.6. The number of fused-ring (bicyclic) bond motifs is 2. The molecule has 0 saturated carbocycles. The highest BCUT2D eigenvalue weighted by atomic mass is 19.4. The minimum Gasteiger partial charge on any atom is -0.382 e. The van der Waals surface area contributed by atoms with Crippen LogP contribution in [0.2, 0.25) is 0 Å². The molecule has 3 aromatic heterocycles. The number of alkyl halides is 3. The summed E-state index contributed by atoms with van der Waals surface area (Å²) in [5, 5.41) is 2.25. The Labute approximate surface area is 235 Å². The molecule has 11 nitrogen and oxygen atoms in total. The van der Waals surface area contributed by atoms with Gasteiger partial charge in [0, 0.05) is 35.6 Å². The van der Waals surface area contributed by atoms with Crippen LogP contribution in [0.5, 0.6) is 0 Å². The molecule has 1 aromatic carbocycles. The van der Waals surface area contributed by atoms with E-state index >= 15 is 4.39 Å². The van der Waals surface area contributed by atoms with Crippen LogP contribution in [0.4, 0.5) is 29.2 Å². The molecule has 15 heteroatoms. The molecule has 3 atom stereocenters. The summed E-state index contributed by atoms with van der Waals surface area (Å²) in [6.07, 6.45) is -0.0677. The number of halogens is 4. The lowest BCUT2D eigenvalue weighted by Crippen LogP contribution is -2.43. The van der Waals surface area contributed by atoms with E-state index in [1.165, 1.54) is 18.3 Å². The molecule has 5 heterocycles. The normalized spacial score (nSPS) is 20.2. The Kier molecular flexibility index (Phi) is 6.77. The Morgan fingerprint density at radius 1 is 1.12 bits per heavy atom. The molecule has 0 spiro atoms. The molecule has 2 aliphatic rings. The fraction of sp³-hybridized carbons (Fsp3) is 0.296. The second kappa shape index (κ2) is 10.3. The van der Waals surface area contributed by atoms with E-state index in [2.05, 4.69) is 15.3 Å². The third-order valence-electron chi connectivity index (χ3n) is 7.57. The number of rotatable bonds is 5. The summed E-state index contributed by atoms with van der Waals surface area (Å²) in [6, 6.07) is 4.38. The van der Waals surface area contributed by atoms with Gasteiger partial charge in [-0.1, -0.05) is 0 Å². The van der Waals surface area contributed by atoms with Gasteiger partial charge < -0.3 is 26.4 Å². The van der Waals surface area contributed by atoms with Crippen LogP contribution in [0.3, 0.4) is 0 Å². The van der Waals surface area contributed by atoms with Gasteiger partial charge in [0.05, 0.1) is 37.4 Å². The number of nitrogens with two attached hydrogens (primary N) is 2. The van der Waals surface area contributed by atoms with E-state index < -0.39 is 29.5 Å². The van der Waals surface area contributed by atoms with Crippen LogP contribution in [-0.2, 0) is 15.7 Å². The Balaban J connectivity index is 1.36. The molecule has 5 N–H and O–H groups in total. The van der Waals surface area contributed by atoms with Crippen molar-refractivity contribution < 1.29 is 31.9 Å². The summed E-state index contributed by atoms with van der Waals surface area (Å²) in [4.78, 5) is 39.9. The molecule has 218 valence electrons. The lowest BCUT2D eigenvalue weighted by atomic mass is 10.0. The molecule has 0 radical (unpaired) electrons. The predicted molar refractivity (Wildman–Crippen MR) is 141 cm³/mol. The Morgan fingerprint density at radius 2 is 1.93 bits per heavy atom. The van der Waals surface area contributed by atoms with Crippen LogP contribution in [0.1, 0.15) is 34.2 Å². The van der Waals surface area contributed by atoms with Crippen molar-refractivity contribution in [3.8, 4) is 11.3 Å². The van der Waals surface area contributed by atoms with Crippen LogP contribution in [0, 0.1) is 11.7 Å². The summed E-state index contributed by atoms with van der Waals surface area (Å²) < 4.78 is 61.9. The molecule has 2 fully saturated rings. The van der Waals surface area contributed by atoms with Crippen molar-refractivity contribution in [2.24, 2.45) is 11.7 Å². The predicted octanol–water partition coefficient (Wildman–Crippen LogP) is 3.03. The zero-order chi connectivity index (χ0) is 29.8. The number of nitrogens with zero attached hydrogens (tertiary/aromatic N) is 5. The second-order valence-electron chi connectivity index (χ2n) is 10.0. The lowest BCUT2D eigenvalue weighted by Gasteiger charge is -2.28. The maximum absolute atomic E-state index is 15.6. The molecule has 0 aliphatic carbocycles. The Bertz CT molecular complexity index is 1710. The van der Waals surface area contributed by atoms with Gasteiger partial charge >= 0.3 is 6.18 Å². The fourth-order valence-electron chi connectivity index (χ4n) is 5.67. The molecule has 4 aromatic rings. The summed E-state index contributed by atoms with van der Waals surface area (Å²) in [7, 11) is 0. The van der Waals surface area contributed by atoms with Crippen LogP contribution < -0.4 is 16.8 Å². The number of amides is 2. The van der Waals surface area contributed by atoms with Crippen molar-refractivity contribution in [1.82, 2.24) is 24.3 Å². The third-order valence-corrected chi connectivity index (χ3v) is 7.57. The molecular formula is C27H24F4N8O3. The number of benzene rings is 1. The van der Waals surface area contributed by atoms with E-state index in [-0.39, 0.29) is 52.9 Å². The summed E-state index contributed by atoms with van der Waals surface area (Å²) >= 11 is 0. The van der Waals surface area contributed by atoms with Crippen molar-refractivity contribution in [3.63, 3.8) is 0 Å². The van der Waals surface area contributed by atoms with Gasteiger partial charge in [-0.25, -0.2) is 19.3 Å². The van der Waals surface area contributed by atoms with Crippen LogP contribution in [0.25, 0.3) is 16.8 Å². The largest absolute Gasteiger partial charge is 0.416 e. The number of nitrogen functional groups attached to an aromatic ring is 1. The number of pyridine rings is 1. The van der Waals surface area contributed by atoms with Crippen LogP contribution in [-0.4, -0.2) is 61.9 Å². The number of carbonyl (C=O) groups excluding carboxylic acids is 2. The topological polar surface area (TPSA) is 154 Å². The van der Waals surface area contributed by atoms with E-state index in [1.54, 1.807) is 15.5 Å². The van der Waals surface area contributed by atoms with Gasteiger partial charge in [-0.15, -0.1) is 0 Å². The zero-order valence-electron chi connectivity index (χ0n) is 21.8. The van der Waals surface area contributed by atoms with Crippen molar-refractivity contribution in [1.29, 1.82) is 0 Å². The SMILES string of the molecule is NCC(=O)N1[C@@H]2COCC2C[C@H]1c1nc(-c2ccc(C(=O)Nc3cc(C(F)(F)F)ccn3)cc2F)c2c(N)nccn12. The van der Waals surface area contributed by atoms with Gasteiger partial charge in [0.1, 0.15) is 34.5 Å². The number of anilines is 2. The first kappa shape index (κ1) is 27.5. The molecule has 0 bridgehead atoms. The molecule has 6 rings (SSSR count). The zero-order valence-corrected chi connectivity index (χ0v) is 21.8. The first-order valence-corrected chi connectivity index (χ1v) is 12.9. The van der Waals surface area contributed by atoms with Crippen molar-refractivity contribution in [3.05, 3.63) is 71.7 Å². The maximum Gasteiger partial charge on any atom is 0.416 e. The Hall–Kier alpha value is -4.63. The number of ether oxygens (including phenoxy) is 1. The van der Waals surface area contributed by atoms with Gasteiger partial charge in [0.2, 0.25) is 5.91 Å². The number of imidazole rings is 1. The first-order valence-electron chi connectivity index (χ1n) is 12.9. The molecule has 2 saturated heterocycles. The van der Waals surface area contributed by atoms with Crippen molar-refractivity contribution >= 4 is 29.0 Å². The van der Waals surface area contributed by atoms with Crippen LogP contribution in [0.15, 0.2) is 48.9 Å². The quantitative estimate of drug-likeness (QED) is 0.303. The number of nitrogens with one attached hydrogen (secondary N) is 1. The average Bonchev–Trinajstić information content (AvgIpc) is 3.66. The van der Waals surface area contributed by atoms with Gasteiger partial charge in [-0.05, 0) is 36.8 Å². The minimum atomic E-state index is -4.63. The highest BCUT2D eigenvalue weighted by Gasteiger charge is 2.48. The molecule has 1 unspecified atom stereocenters. The average molecular weight is 585 g/mol. The van der Waals surface area contributed by atoms with Gasteiger partial charge in [-0.3, -0.25) is 14.0 Å². The molecular weight excluding hydrogens is 560 g/mol. The molecule has 2 amide bonds. The highest BCUT2D eigenvalue weighted by Crippen LogP contribution is 2.44. The third kappa shape index (κ3) is 4.69. The number of carbonyl (C=O) groups is 2. The lowest BCUT2D eigenvalue weighted by molar-refractivity contribution is -0.137. The van der Waals surface area contributed by atoms with Gasteiger partial charge in [0.25, 0.3) is 5.91 Å². The summed E-state index contributed by atoms with van der Waals surface area (Å²) in [5.41, 5.74) is 11.2.